The summed E-state index contributed by atoms with van der Waals surface area (Å²) in [5.74, 6) is -1.81. The van der Waals surface area contributed by atoms with Crippen LogP contribution in [0.5, 0.6) is 0 Å². The molecule has 1 saturated heterocycles. The zero-order valence-corrected chi connectivity index (χ0v) is 13.9. The van der Waals surface area contributed by atoms with Gasteiger partial charge < -0.3 is 9.47 Å². The molecule has 3 atom stereocenters. The predicted molar refractivity (Wildman–Crippen MR) is 83.3 cm³/mol. The lowest BCUT2D eigenvalue weighted by Gasteiger charge is -2.39. The zero-order valence-electron chi connectivity index (χ0n) is 13.9. The van der Waals surface area contributed by atoms with Crippen LogP contribution in [-0.4, -0.2) is 39.6 Å². The van der Waals surface area contributed by atoms with Gasteiger partial charge in [-0.2, -0.15) is 13.2 Å². The minimum absolute atomic E-state index is 0.0812. The molecule has 2 fully saturated rings. The number of carbonyl (C=O) groups excluding carboxylic acids is 1. The van der Waals surface area contributed by atoms with E-state index in [4.69, 9.17) is 0 Å². The summed E-state index contributed by atoms with van der Waals surface area (Å²) >= 11 is 0. The summed E-state index contributed by atoms with van der Waals surface area (Å²) in [4.78, 5) is 18.7. The van der Waals surface area contributed by atoms with Crippen LogP contribution in [0.25, 0.3) is 0 Å². The fourth-order valence-corrected chi connectivity index (χ4v) is 4.21. The van der Waals surface area contributed by atoms with Gasteiger partial charge in [0.1, 0.15) is 5.82 Å². The van der Waals surface area contributed by atoms with Crippen molar-refractivity contribution in [2.24, 2.45) is 11.8 Å². The standard InChI is InChI=1S/C17H24F3N3O/c1-12-21-8-10-23(12)13-5-4-9-22(11-13)16(24)14-6-2-3-7-15(14)17(18,19)20/h8,10,13-15H,2-7,9,11H2,1H3/t13-,14-,15+/m1/s1. The first-order valence-corrected chi connectivity index (χ1v) is 8.73. The van der Waals surface area contributed by atoms with Crippen molar-refractivity contribution in [3.63, 3.8) is 0 Å². The molecule has 0 bridgehead atoms. The molecule has 1 amide bonds. The monoisotopic (exact) mass is 343 g/mol. The van der Waals surface area contributed by atoms with Crippen LogP contribution in [0.1, 0.15) is 50.4 Å². The maximum atomic E-state index is 13.3. The molecule has 1 aromatic rings. The van der Waals surface area contributed by atoms with Gasteiger partial charge in [0, 0.05) is 31.4 Å². The number of nitrogens with zero attached hydrogens (tertiary/aromatic N) is 3. The molecule has 0 aromatic carbocycles. The number of piperidine rings is 1. The van der Waals surface area contributed by atoms with Gasteiger partial charge in [0.15, 0.2) is 0 Å². The normalized spacial score (nSPS) is 28.8. The van der Waals surface area contributed by atoms with E-state index >= 15 is 0 Å². The Morgan fingerprint density at radius 1 is 1.21 bits per heavy atom. The lowest BCUT2D eigenvalue weighted by atomic mass is 9.77. The molecule has 0 spiro atoms. The van der Waals surface area contributed by atoms with E-state index in [1.165, 1.54) is 0 Å². The van der Waals surface area contributed by atoms with Crippen molar-refractivity contribution < 1.29 is 18.0 Å². The van der Waals surface area contributed by atoms with Crippen LogP contribution < -0.4 is 0 Å². The smallest absolute Gasteiger partial charge is 0.340 e. The third-order valence-electron chi connectivity index (χ3n) is 5.47. The molecule has 1 aliphatic carbocycles. The molecule has 2 aliphatic rings. The van der Waals surface area contributed by atoms with Crippen molar-refractivity contribution >= 4 is 5.91 Å². The van der Waals surface area contributed by atoms with Gasteiger partial charge >= 0.3 is 6.18 Å². The Bertz CT molecular complexity index is 584. The molecule has 0 N–H and O–H groups in total. The Morgan fingerprint density at radius 3 is 2.62 bits per heavy atom. The van der Waals surface area contributed by atoms with E-state index in [-0.39, 0.29) is 18.4 Å². The lowest BCUT2D eigenvalue weighted by Crippen LogP contribution is -2.48. The zero-order chi connectivity index (χ0) is 17.3. The predicted octanol–water partition coefficient (Wildman–Crippen LogP) is 3.72. The second-order valence-electron chi connectivity index (χ2n) is 7.00. The Labute approximate surface area is 140 Å². The van der Waals surface area contributed by atoms with Crippen molar-refractivity contribution in [1.82, 2.24) is 14.5 Å². The summed E-state index contributed by atoms with van der Waals surface area (Å²) in [6.07, 6.45) is 2.77. The molecular formula is C17H24F3N3O. The number of imidazole rings is 1. The number of halogens is 3. The molecular weight excluding hydrogens is 319 g/mol. The van der Waals surface area contributed by atoms with Gasteiger partial charge in [-0.3, -0.25) is 4.79 Å². The highest BCUT2D eigenvalue weighted by Gasteiger charge is 2.49. The summed E-state index contributed by atoms with van der Waals surface area (Å²) in [5.41, 5.74) is 0. The van der Waals surface area contributed by atoms with Gasteiger partial charge in [-0.15, -0.1) is 0 Å². The lowest BCUT2D eigenvalue weighted by molar-refractivity contribution is -0.201. The number of carbonyl (C=O) groups is 1. The number of hydrogen-bond acceptors (Lipinski definition) is 2. The quantitative estimate of drug-likeness (QED) is 0.821. The van der Waals surface area contributed by atoms with Crippen molar-refractivity contribution in [2.45, 2.75) is 57.7 Å². The number of aryl methyl sites for hydroxylation is 1. The van der Waals surface area contributed by atoms with Crippen molar-refractivity contribution in [1.29, 1.82) is 0 Å². The molecule has 24 heavy (non-hydrogen) atoms. The largest absolute Gasteiger partial charge is 0.392 e. The topological polar surface area (TPSA) is 38.1 Å². The van der Waals surface area contributed by atoms with Crippen LogP contribution in [-0.2, 0) is 4.79 Å². The fourth-order valence-electron chi connectivity index (χ4n) is 4.21. The third kappa shape index (κ3) is 3.44. The van der Waals surface area contributed by atoms with Gasteiger partial charge in [0.05, 0.1) is 12.0 Å². The Morgan fingerprint density at radius 2 is 1.96 bits per heavy atom. The summed E-state index contributed by atoms with van der Waals surface area (Å²) in [6, 6.07) is 0.109. The molecule has 7 heteroatoms. The molecule has 1 saturated carbocycles. The Balaban J connectivity index is 1.73. The number of amides is 1. The number of likely N-dealkylation sites (tertiary alicyclic amines) is 1. The molecule has 134 valence electrons. The second-order valence-corrected chi connectivity index (χ2v) is 7.00. The molecule has 0 radical (unpaired) electrons. The van der Waals surface area contributed by atoms with Crippen molar-refractivity contribution in [3.8, 4) is 0 Å². The Hall–Kier alpha value is -1.53. The second kappa shape index (κ2) is 6.76. The highest BCUT2D eigenvalue weighted by atomic mass is 19.4. The third-order valence-corrected chi connectivity index (χ3v) is 5.47. The summed E-state index contributed by atoms with van der Waals surface area (Å²) < 4.78 is 41.9. The number of rotatable bonds is 2. The molecule has 0 unspecified atom stereocenters. The first-order chi connectivity index (χ1) is 11.4. The van der Waals surface area contributed by atoms with Gasteiger partial charge in [0.25, 0.3) is 0 Å². The van der Waals surface area contributed by atoms with E-state index in [0.717, 1.165) is 18.7 Å². The maximum absolute atomic E-state index is 13.3. The molecule has 3 rings (SSSR count). The van der Waals surface area contributed by atoms with Crippen LogP contribution in [0.4, 0.5) is 13.2 Å². The van der Waals surface area contributed by atoms with Gasteiger partial charge in [0.2, 0.25) is 5.91 Å². The van der Waals surface area contributed by atoms with E-state index in [1.807, 2.05) is 17.7 Å². The summed E-state index contributed by atoms with van der Waals surface area (Å²) in [5, 5.41) is 0. The molecule has 4 nitrogen and oxygen atoms in total. The van der Waals surface area contributed by atoms with Crippen LogP contribution in [0, 0.1) is 18.8 Å². The minimum atomic E-state index is -4.28. The average molecular weight is 343 g/mol. The number of aromatic nitrogens is 2. The number of hydrogen-bond donors (Lipinski definition) is 0. The first kappa shape index (κ1) is 17.3. The van der Waals surface area contributed by atoms with E-state index in [9.17, 15) is 18.0 Å². The molecule has 1 aromatic heterocycles. The van der Waals surface area contributed by atoms with Crippen LogP contribution in [0.3, 0.4) is 0 Å². The fraction of sp³-hybridized carbons (Fsp3) is 0.765. The van der Waals surface area contributed by atoms with Crippen molar-refractivity contribution in [2.75, 3.05) is 13.1 Å². The Kier molecular flexibility index (Phi) is 4.88. The summed E-state index contributed by atoms with van der Waals surface area (Å²) in [7, 11) is 0. The van der Waals surface area contributed by atoms with Crippen LogP contribution in [0.2, 0.25) is 0 Å². The van der Waals surface area contributed by atoms with E-state index in [0.29, 0.717) is 32.4 Å². The number of alkyl halides is 3. The van der Waals surface area contributed by atoms with Crippen molar-refractivity contribution in [3.05, 3.63) is 18.2 Å². The summed E-state index contributed by atoms with van der Waals surface area (Å²) in [6.45, 7) is 2.95. The first-order valence-electron chi connectivity index (χ1n) is 8.73. The minimum Gasteiger partial charge on any atom is -0.340 e. The van der Waals surface area contributed by atoms with E-state index < -0.39 is 18.0 Å². The SMILES string of the molecule is Cc1nccn1[C@@H]1CCCN(C(=O)[C@@H]2CCCC[C@@H]2C(F)(F)F)C1. The maximum Gasteiger partial charge on any atom is 0.392 e. The van der Waals surface area contributed by atoms with Gasteiger partial charge in [-0.1, -0.05) is 12.8 Å². The van der Waals surface area contributed by atoms with Gasteiger partial charge in [-0.25, -0.2) is 4.98 Å². The van der Waals surface area contributed by atoms with E-state index in [1.54, 1.807) is 11.1 Å². The van der Waals surface area contributed by atoms with E-state index in [2.05, 4.69) is 4.98 Å². The molecule has 2 heterocycles. The van der Waals surface area contributed by atoms with Crippen LogP contribution >= 0.6 is 0 Å². The molecule has 1 aliphatic heterocycles. The highest BCUT2D eigenvalue weighted by molar-refractivity contribution is 5.79. The van der Waals surface area contributed by atoms with Gasteiger partial charge in [-0.05, 0) is 32.6 Å². The average Bonchev–Trinajstić information content (AvgIpc) is 2.99. The van der Waals surface area contributed by atoms with Crippen LogP contribution in [0.15, 0.2) is 12.4 Å². The highest BCUT2D eigenvalue weighted by Crippen LogP contribution is 2.42.